The number of hydrogen-bond donors (Lipinski definition) is 1. The van der Waals surface area contributed by atoms with Crippen molar-refractivity contribution in [1.29, 1.82) is 0 Å². The number of carbonyl (C=O) groups is 1. The third kappa shape index (κ3) is 4.91. The minimum absolute atomic E-state index is 0.149. The van der Waals surface area contributed by atoms with E-state index in [2.05, 4.69) is 5.32 Å². The molecule has 0 aromatic heterocycles. The van der Waals surface area contributed by atoms with Gasteiger partial charge in [-0.1, -0.05) is 0 Å². The van der Waals surface area contributed by atoms with Crippen LogP contribution in [0.15, 0.2) is 0 Å². The summed E-state index contributed by atoms with van der Waals surface area (Å²) in [4.78, 5) is 11.5. The molecule has 0 aromatic rings. The molecule has 1 heterocycles. The van der Waals surface area contributed by atoms with Gasteiger partial charge in [-0.15, -0.1) is 0 Å². The second-order valence-electron chi connectivity index (χ2n) is 3.85. The molecule has 1 aliphatic heterocycles. The number of nitrogens with one attached hydrogen (secondary N) is 1. The van der Waals surface area contributed by atoms with Crippen molar-refractivity contribution < 1.29 is 27.4 Å². The summed E-state index contributed by atoms with van der Waals surface area (Å²) < 4.78 is 46.1. The van der Waals surface area contributed by atoms with Gasteiger partial charge in [0.2, 0.25) is 0 Å². The fourth-order valence-corrected chi connectivity index (χ4v) is 1.72. The predicted octanol–water partition coefficient (Wildman–Crippen LogP) is 1.11. The zero-order valence-electron chi connectivity index (χ0n) is 9.55. The Morgan fingerprint density at radius 1 is 1.59 bits per heavy atom. The molecule has 1 saturated heterocycles. The Balaban J connectivity index is 2.55. The molecule has 1 fully saturated rings. The Hall–Kier alpha value is -0.820. The van der Waals surface area contributed by atoms with E-state index in [9.17, 15) is 18.0 Å². The summed E-state index contributed by atoms with van der Waals surface area (Å²) in [5.41, 5.74) is 0. The molecular weight excluding hydrogens is 239 g/mol. The summed E-state index contributed by atoms with van der Waals surface area (Å²) in [5.74, 6) is -0.899. The first kappa shape index (κ1) is 14.2. The van der Waals surface area contributed by atoms with Crippen molar-refractivity contribution in [2.24, 2.45) is 5.92 Å². The van der Waals surface area contributed by atoms with Crippen LogP contribution >= 0.6 is 0 Å². The summed E-state index contributed by atoms with van der Waals surface area (Å²) in [6.07, 6.45) is -3.78. The Bertz CT molecular complexity index is 252. The number of hydrogen-bond acceptors (Lipinski definition) is 4. The molecule has 0 bridgehead atoms. The van der Waals surface area contributed by atoms with Crippen molar-refractivity contribution in [2.45, 2.75) is 25.6 Å². The molecule has 0 saturated carbocycles. The van der Waals surface area contributed by atoms with E-state index >= 15 is 0 Å². The molecule has 0 spiro atoms. The first-order chi connectivity index (χ1) is 7.94. The van der Waals surface area contributed by atoms with Gasteiger partial charge in [-0.05, 0) is 13.3 Å². The lowest BCUT2D eigenvalue weighted by Crippen LogP contribution is -2.47. The zero-order valence-corrected chi connectivity index (χ0v) is 9.55. The van der Waals surface area contributed by atoms with Crippen molar-refractivity contribution in [3.63, 3.8) is 0 Å². The van der Waals surface area contributed by atoms with Crippen molar-refractivity contribution in [1.82, 2.24) is 5.32 Å². The maximum atomic E-state index is 12.1. The molecule has 0 amide bonds. The van der Waals surface area contributed by atoms with Gasteiger partial charge in [0.1, 0.15) is 6.04 Å². The molecule has 17 heavy (non-hydrogen) atoms. The van der Waals surface area contributed by atoms with Gasteiger partial charge in [-0.3, -0.25) is 10.1 Å². The summed E-state index contributed by atoms with van der Waals surface area (Å²) in [6, 6.07) is -0.945. The zero-order chi connectivity index (χ0) is 12.9. The fourth-order valence-electron chi connectivity index (χ4n) is 1.72. The van der Waals surface area contributed by atoms with Gasteiger partial charge in [-0.25, -0.2) is 0 Å². The lowest BCUT2D eigenvalue weighted by Gasteiger charge is -2.22. The predicted molar refractivity (Wildman–Crippen MR) is 53.4 cm³/mol. The number of alkyl halides is 3. The number of ether oxygens (including phenoxy) is 2. The molecule has 1 N–H and O–H groups in total. The molecule has 0 aliphatic carbocycles. The number of carbonyl (C=O) groups excluding carboxylic acids is 1. The first-order valence-corrected chi connectivity index (χ1v) is 5.48. The molecule has 4 nitrogen and oxygen atoms in total. The van der Waals surface area contributed by atoms with Crippen molar-refractivity contribution in [2.75, 3.05) is 26.4 Å². The summed E-state index contributed by atoms with van der Waals surface area (Å²) in [6.45, 7) is 1.32. The number of esters is 1. The molecule has 0 radical (unpaired) electrons. The van der Waals surface area contributed by atoms with Gasteiger partial charge in [0.05, 0.1) is 19.8 Å². The topological polar surface area (TPSA) is 47.6 Å². The summed E-state index contributed by atoms with van der Waals surface area (Å²) in [7, 11) is 0. The average Bonchev–Trinajstić information content (AvgIpc) is 2.70. The largest absolute Gasteiger partial charge is 0.465 e. The highest BCUT2D eigenvalue weighted by Crippen LogP contribution is 2.20. The quantitative estimate of drug-likeness (QED) is 0.747. The van der Waals surface area contributed by atoms with E-state index in [1.165, 1.54) is 0 Å². The van der Waals surface area contributed by atoms with Crippen LogP contribution < -0.4 is 5.32 Å². The highest BCUT2D eigenvalue weighted by molar-refractivity contribution is 5.76. The molecular formula is C10H16F3NO3. The minimum atomic E-state index is -4.34. The second kappa shape index (κ2) is 6.20. The molecule has 0 aromatic carbocycles. The van der Waals surface area contributed by atoms with Crippen LogP contribution in [-0.4, -0.2) is 44.6 Å². The average molecular weight is 255 g/mol. The summed E-state index contributed by atoms with van der Waals surface area (Å²) >= 11 is 0. The Morgan fingerprint density at radius 3 is 2.76 bits per heavy atom. The van der Waals surface area contributed by atoms with Crippen LogP contribution in [0.25, 0.3) is 0 Å². The maximum absolute atomic E-state index is 12.1. The molecule has 100 valence electrons. The van der Waals surface area contributed by atoms with Gasteiger partial charge in [0.15, 0.2) is 0 Å². The van der Waals surface area contributed by atoms with E-state index in [-0.39, 0.29) is 19.1 Å². The lowest BCUT2D eigenvalue weighted by atomic mass is 9.99. The van der Waals surface area contributed by atoms with E-state index in [1.54, 1.807) is 6.92 Å². The lowest BCUT2D eigenvalue weighted by molar-refractivity contribution is -0.150. The third-order valence-corrected chi connectivity index (χ3v) is 2.50. The van der Waals surface area contributed by atoms with Crippen molar-refractivity contribution in [3.8, 4) is 0 Å². The molecule has 7 heteroatoms. The smallest absolute Gasteiger partial charge is 0.401 e. The Kier molecular flexibility index (Phi) is 5.20. The number of halogens is 3. The number of rotatable bonds is 5. The maximum Gasteiger partial charge on any atom is 0.401 e. The van der Waals surface area contributed by atoms with E-state index in [0.717, 1.165) is 0 Å². The first-order valence-electron chi connectivity index (χ1n) is 5.48. The van der Waals surface area contributed by atoms with Crippen molar-refractivity contribution in [3.05, 3.63) is 0 Å². The molecule has 2 atom stereocenters. The van der Waals surface area contributed by atoms with Crippen LogP contribution in [0.2, 0.25) is 0 Å². The SMILES string of the molecule is CCOC(=O)C(NCC(F)(F)F)C1CCOC1. The van der Waals surface area contributed by atoms with Crippen LogP contribution in [0.4, 0.5) is 13.2 Å². The van der Waals surface area contributed by atoms with Crippen LogP contribution in [-0.2, 0) is 14.3 Å². The van der Waals surface area contributed by atoms with Gasteiger partial charge < -0.3 is 9.47 Å². The normalized spacial score (nSPS) is 22.5. The van der Waals surface area contributed by atoms with Crippen molar-refractivity contribution >= 4 is 5.97 Å². The fraction of sp³-hybridized carbons (Fsp3) is 0.900. The van der Waals surface area contributed by atoms with E-state index in [0.29, 0.717) is 13.0 Å². The standard InChI is InChI=1S/C10H16F3NO3/c1-2-17-9(15)8(7-3-4-16-5-7)14-6-10(11,12)13/h7-8,14H,2-6H2,1H3. The second-order valence-corrected chi connectivity index (χ2v) is 3.85. The Morgan fingerprint density at radius 2 is 2.29 bits per heavy atom. The third-order valence-electron chi connectivity index (χ3n) is 2.50. The monoisotopic (exact) mass is 255 g/mol. The highest BCUT2D eigenvalue weighted by Gasteiger charge is 2.36. The van der Waals surface area contributed by atoms with E-state index in [4.69, 9.17) is 9.47 Å². The van der Waals surface area contributed by atoms with Gasteiger partial charge in [0, 0.05) is 12.5 Å². The van der Waals surface area contributed by atoms with Crippen LogP contribution in [0.1, 0.15) is 13.3 Å². The summed E-state index contributed by atoms with van der Waals surface area (Å²) in [5, 5.41) is 2.21. The Labute approximate surface area is 97.5 Å². The van der Waals surface area contributed by atoms with Gasteiger partial charge in [0.25, 0.3) is 0 Å². The van der Waals surface area contributed by atoms with Crippen LogP contribution in [0.3, 0.4) is 0 Å². The van der Waals surface area contributed by atoms with E-state index in [1.807, 2.05) is 0 Å². The molecule has 2 unspecified atom stereocenters. The minimum Gasteiger partial charge on any atom is -0.465 e. The van der Waals surface area contributed by atoms with Crippen LogP contribution in [0, 0.1) is 5.92 Å². The molecule has 1 aliphatic rings. The van der Waals surface area contributed by atoms with Gasteiger partial charge >= 0.3 is 12.1 Å². The van der Waals surface area contributed by atoms with E-state index < -0.39 is 24.7 Å². The van der Waals surface area contributed by atoms with Crippen LogP contribution in [0.5, 0.6) is 0 Å². The molecule has 1 rings (SSSR count). The van der Waals surface area contributed by atoms with Gasteiger partial charge in [-0.2, -0.15) is 13.2 Å². The highest BCUT2D eigenvalue weighted by atomic mass is 19.4.